The highest BCUT2D eigenvalue weighted by Crippen LogP contribution is 2.40. The summed E-state index contributed by atoms with van der Waals surface area (Å²) >= 11 is 6.16. The van der Waals surface area contributed by atoms with Crippen LogP contribution < -0.4 is 15.0 Å². The summed E-state index contributed by atoms with van der Waals surface area (Å²) in [5.41, 5.74) is 3.22. The minimum absolute atomic E-state index is 0.0102. The molecule has 4 heterocycles. The van der Waals surface area contributed by atoms with Crippen molar-refractivity contribution >= 4 is 34.8 Å². The molecule has 0 bridgehead atoms. The standard InChI is InChI=1S/C33H32ClFN6O4/c1-39-12-13-40(20-32(39)43)28(9-11-37-33(44)23-4-2-3-5-30(23)42)27-17-22(8-10-36-27)41-14-15-45-31-19-38-26(18-29(31)41)24-16-21(34)6-7-25(24)35/h2-8,10,16-19,28,42H,9,11-15,20H2,1H3,(H,37,44). The molecule has 2 aliphatic heterocycles. The molecule has 2 aromatic heterocycles. The van der Waals surface area contributed by atoms with Crippen molar-refractivity contribution in [2.24, 2.45) is 0 Å². The Morgan fingerprint density at radius 3 is 2.78 bits per heavy atom. The molecule has 2 aliphatic rings. The summed E-state index contributed by atoms with van der Waals surface area (Å²) < 4.78 is 20.6. The van der Waals surface area contributed by atoms with E-state index < -0.39 is 5.82 Å². The first-order valence-electron chi connectivity index (χ1n) is 14.6. The Kier molecular flexibility index (Phi) is 8.81. The van der Waals surface area contributed by atoms with Crippen LogP contribution in [0.4, 0.5) is 15.8 Å². The summed E-state index contributed by atoms with van der Waals surface area (Å²) in [4.78, 5) is 40.5. The Morgan fingerprint density at radius 2 is 1.96 bits per heavy atom. The van der Waals surface area contributed by atoms with Crippen molar-refractivity contribution in [1.29, 1.82) is 0 Å². The van der Waals surface area contributed by atoms with Crippen LogP contribution in [0, 0.1) is 5.82 Å². The number of pyridine rings is 2. The number of aromatic hydroxyl groups is 1. The first-order valence-corrected chi connectivity index (χ1v) is 15.0. The van der Waals surface area contributed by atoms with Crippen molar-refractivity contribution in [2.45, 2.75) is 12.5 Å². The van der Waals surface area contributed by atoms with Crippen molar-refractivity contribution < 1.29 is 23.8 Å². The van der Waals surface area contributed by atoms with Gasteiger partial charge >= 0.3 is 0 Å². The lowest BCUT2D eigenvalue weighted by Gasteiger charge is -2.38. The molecule has 2 N–H and O–H groups in total. The molecule has 12 heteroatoms. The van der Waals surface area contributed by atoms with Crippen LogP contribution in [0.5, 0.6) is 11.5 Å². The smallest absolute Gasteiger partial charge is 0.255 e. The van der Waals surface area contributed by atoms with Gasteiger partial charge in [-0.2, -0.15) is 0 Å². The molecule has 6 rings (SSSR count). The number of fused-ring (bicyclic) bond motifs is 1. The zero-order valence-corrected chi connectivity index (χ0v) is 25.4. The number of para-hydroxylation sites is 1. The molecule has 10 nitrogen and oxygen atoms in total. The molecule has 45 heavy (non-hydrogen) atoms. The number of piperazine rings is 1. The third-order valence-corrected chi connectivity index (χ3v) is 8.35. The highest BCUT2D eigenvalue weighted by molar-refractivity contribution is 6.30. The highest BCUT2D eigenvalue weighted by Gasteiger charge is 2.30. The minimum Gasteiger partial charge on any atom is -0.507 e. The Hall–Kier alpha value is -4.74. The molecule has 2 amide bonds. The summed E-state index contributed by atoms with van der Waals surface area (Å²) in [6.07, 6.45) is 3.80. The number of rotatable bonds is 8. The molecule has 0 radical (unpaired) electrons. The topological polar surface area (TPSA) is 111 Å². The van der Waals surface area contributed by atoms with E-state index in [4.69, 9.17) is 21.3 Å². The lowest BCUT2D eigenvalue weighted by atomic mass is 10.0. The molecule has 1 saturated heterocycles. The van der Waals surface area contributed by atoms with Crippen LogP contribution in [0.3, 0.4) is 0 Å². The van der Waals surface area contributed by atoms with E-state index in [1.807, 2.05) is 12.1 Å². The van der Waals surface area contributed by atoms with Crippen molar-refractivity contribution in [3.05, 3.63) is 95.2 Å². The van der Waals surface area contributed by atoms with Crippen LogP contribution in [-0.2, 0) is 4.79 Å². The molecule has 0 spiro atoms. The van der Waals surface area contributed by atoms with Crippen LogP contribution in [-0.4, -0.2) is 83.1 Å². The van der Waals surface area contributed by atoms with Gasteiger partial charge in [0.25, 0.3) is 5.91 Å². The van der Waals surface area contributed by atoms with Crippen molar-refractivity contribution in [3.63, 3.8) is 0 Å². The normalized spacial score (nSPS) is 15.8. The lowest BCUT2D eigenvalue weighted by Crippen LogP contribution is -2.50. The SMILES string of the molecule is CN1CCN(C(CCNC(=O)c2ccccc2O)c2cc(N3CCOc4cnc(-c5cc(Cl)ccc5F)cc43)ccn2)CC1=O. The number of hydrogen-bond acceptors (Lipinski definition) is 8. The number of benzene rings is 2. The Morgan fingerprint density at radius 1 is 1.11 bits per heavy atom. The van der Waals surface area contributed by atoms with Gasteiger partial charge in [0.15, 0.2) is 5.75 Å². The van der Waals surface area contributed by atoms with Gasteiger partial charge in [0.05, 0.1) is 48.0 Å². The number of halogens is 2. The molecule has 4 aromatic rings. The predicted molar refractivity (Wildman–Crippen MR) is 168 cm³/mol. The van der Waals surface area contributed by atoms with Crippen LogP contribution in [0.2, 0.25) is 5.02 Å². The number of carbonyl (C=O) groups excluding carboxylic acids is 2. The van der Waals surface area contributed by atoms with Crippen LogP contribution in [0.1, 0.15) is 28.5 Å². The van der Waals surface area contributed by atoms with Gasteiger partial charge in [0, 0.05) is 49.2 Å². The van der Waals surface area contributed by atoms with Gasteiger partial charge in [0.1, 0.15) is 18.2 Å². The van der Waals surface area contributed by atoms with Gasteiger partial charge in [-0.1, -0.05) is 23.7 Å². The van der Waals surface area contributed by atoms with E-state index in [0.717, 1.165) is 17.1 Å². The van der Waals surface area contributed by atoms with E-state index in [2.05, 4.69) is 20.1 Å². The van der Waals surface area contributed by atoms with E-state index in [9.17, 15) is 19.1 Å². The zero-order chi connectivity index (χ0) is 31.5. The number of likely N-dealkylation sites (N-methyl/N-ethyl adjacent to an activating group) is 1. The maximum atomic E-state index is 14.7. The molecule has 0 saturated carbocycles. The number of nitrogens with one attached hydrogen (secondary N) is 1. The fourth-order valence-electron chi connectivity index (χ4n) is 5.66. The number of amides is 2. The van der Waals surface area contributed by atoms with E-state index in [1.54, 1.807) is 54.7 Å². The Bertz CT molecular complexity index is 1740. The number of phenolic OH excluding ortho intramolecular Hbond substituents is 1. The average molecular weight is 631 g/mol. The quantitative estimate of drug-likeness (QED) is 0.286. The number of nitrogens with zero attached hydrogens (tertiary/aromatic N) is 5. The van der Waals surface area contributed by atoms with Crippen LogP contribution in [0.25, 0.3) is 11.3 Å². The molecular weight excluding hydrogens is 599 g/mol. The Balaban J connectivity index is 1.29. The molecular formula is C33H32ClFN6O4. The number of anilines is 2. The van der Waals surface area contributed by atoms with Gasteiger partial charge in [-0.05, 0) is 55.0 Å². The fraction of sp³-hybridized carbons (Fsp3) is 0.273. The number of carbonyl (C=O) groups is 2. The maximum absolute atomic E-state index is 14.7. The summed E-state index contributed by atoms with van der Waals surface area (Å²) in [6.45, 7) is 2.70. The first-order chi connectivity index (χ1) is 21.8. The Labute approximate surface area is 265 Å². The maximum Gasteiger partial charge on any atom is 0.255 e. The fourth-order valence-corrected chi connectivity index (χ4v) is 5.83. The molecule has 2 aromatic carbocycles. The molecule has 1 atom stereocenters. The van der Waals surface area contributed by atoms with E-state index in [0.29, 0.717) is 55.7 Å². The second-order valence-electron chi connectivity index (χ2n) is 11.0. The van der Waals surface area contributed by atoms with Gasteiger partial charge < -0.3 is 25.0 Å². The van der Waals surface area contributed by atoms with Gasteiger partial charge in [-0.25, -0.2) is 4.39 Å². The second kappa shape index (κ2) is 13.1. The van der Waals surface area contributed by atoms with Crippen LogP contribution in [0.15, 0.2) is 73.1 Å². The second-order valence-corrected chi connectivity index (χ2v) is 11.4. The number of aromatic nitrogens is 2. The number of ether oxygens (including phenoxy) is 1. The largest absolute Gasteiger partial charge is 0.507 e. The first kappa shape index (κ1) is 30.3. The predicted octanol–water partition coefficient (Wildman–Crippen LogP) is 4.81. The highest BCUT2D eigenvalue weighted by atomic mass is 35.5. The minimum atomic E-state index is -0.430. The number of hydrogen-bond donors (Lipinski definition) is 2. The van der Waals surface area contributed by atoms with Crippen LogP contribution >= 0.6 is 11.6 Å². The van der Waals surface area contributed by atoms with Gasteiger partial charge in [-0.3, -0.25) is 24.5 Å². The molecule has 1 unspecified atom stereocenters. The van der Waals surface area contributed by atoms with E-state index in [-0.39, 0.29) is 41.3 Å². The van der Waals surface area contributed by atoms with Crippen molar-refractivity contribution in [2.75, 3.05) is 51.3 Å². The third kappa shape index (κ3) is 6.54. The van der Waals surface area contributed by atoms with Gasteiger partial charge in [-0.15, -0.1) is 0 Å². The van der Waals surface area contributed by atoms with Crippen molar-refractivity contribution in [1.82, 2.24) is 25.1 Å². The third-order valence-electron chi connectivity index (χ3n) is 8.11. The summed E-state index contributed by atoms with van der Waals surface area (Å²) in [5, 5.41) is 13.4. The van der Waals surface area contributed by atoms with E-state index >= 15 is 0 Å². The molecule has 232 valence electrons. The number of phenols is 1. The monoisotopic (exact) mass is 630 g/mol. The lowest BCUT2D eigenvalue weighted by molar-refractivity contribution is -0.135. The van der Waals surface area contributed by atoms with Gasteiger partial charge in [0.2, 0.25) is 5.91 Å². The van der Waals surface area contributed by atoms with E-state index in [1.165, 1.54) is 18.2 Å². The summed E-state index contributed by atoms with van der Waals surface area (Å²) in [5.74, 6) is -0.322. The van der Waals surface area contributed by atoms with Crippen molar-refractivity contribution in [3.8, 4) is 22.8 Å². The zero-order valence-electron chi connectivity index (χ0n) is 24.6. The molecule has 1 fully saturated rings. The average Bonchev–Trinajstić information content (AvgIpc) is 3.05. The summed E-state index contributed by atoms with van der Waals surface area (Å²) in [7, 11) is 1.79. The molecule has 0 aliphatic carbocycles. The summed E-state index contributed by atoms with van der Waals surface area (Å²) in [6, 6.07) is 16.1.